The van der Waals surface area contributed by atoms with Crippen LogP contribution in [0.3, 0.4) is 0 Å². The third kappa shape index (κ3) is 5.70. The highest BCUT2D eigenvalue weighted by Gasteiger charge is 2.17. The summed E-state index contributed by atoms with van der Waals surface area (Å²) in [4.78, 5) is 11.4. The first-order valence-electron chi connectivity index (χ1n) is 7.12. The molecule has 1 rings (SSSR count). The highest BCUT2D eigenvalue weighted by Crippen LogP contribution is 2.19. The summed E-state index contributed by atoms with van der Waals surface area (Å²) < 4.78 is 18.1. The fourth-order valence-electron chi connectivity index (χ4n) is 2.17. The van der Waals surface area contributed by atoms with Crippen molar-refractivity contribution in [1.29, 1.82) is 0 Å². The van der Waals surface area contributed by atoms with E-state index in [0.29, 0.717) is 5.92 Å². The van der Waals surface area contributed by atoms with Crippen molar-refractivity contribution < 1.29 is 13.9 Å². The molecule has 3 atom stereocenters. The van der Waals surface area contributed by atoms with Gasteiger partial charge in [0, 0.05) is 0 Å². The zero-order valence-electron chi connectivity index (χ0n) is 12.4. The van der Waals surface area contributed by atoms with Gasteiger partial charge in [0.1, 0.15) is 11.9 Å². The number of nitrogens with two attached hydrogens (primary N) is 1. The minimum Gasteiger partial charge on any atom is -0.462 e. The molecule has 0 aliphatic carbocycles. The normalized spacial score (nSPS) is 15.4. The molecule has 1 aromatic rings. The molecule has 4 heteroatoms. The second-order valence-electron chi connectivity index (χ2n) is 5.38. The van der Waals surface area contributed by atoms with Gasteiger partial charge in [-0.1, -0.05) is 25.5 Å². The Labute approximate surface area is 120 Å². The molecule has 0 aliphatic heterocycles. The van der Waals surface area contributed by atoms with Gasteiger partial charge in [0.2, 0.25) is 0 Å². The summed E-state index contributed by atoms with van der Waals surface area (Å²) in [6.07, 6.45) is 2.47. The molecule has 0 saturated carbocycles. The predicted molar refractivity (Wildman–Crippen MR) is 77.7 cm³/mol. The number of benzene rings is 1. The Morgan fingerprint density at radius 2 is 1.90 bits per heavy atom. The maximum Gasteiger partial charge on any atom is 0.322 e. The van der Waals surface area contributed by atoms with Gasteiger partial charge in [0.25, 0.3) is 0 Å². The number of hydrogen-bond donors (Lipinski definition) is 1. The Kier molecular flexibility index (Phi) is 6.65. The molecule has 0 aromatic heterocycles. The van der Waals surface area contributed by atoms with Crippen molar-refractivity contribution in [1.82, 2.24) is 0 Å². The van der Waals surface area contributed by atoms with Crippen LogP contribution in [0.4, 0.5) is 4.39 Å². The SMILES string of the molecule is CCC(Cc1ccc(F)cc1)CC(C)OC(=O)[C@H](C)N. The number of esters is 1. The van der Waals surface area contributed by atoms with Crippen molar-refractivity contribution in [3.05, 3.63) is 35.6 Å². The number of ether oxygens (including phenoxy) is 1. The first kappa shape index (κ1) is 16.6. The first-order valence-corrected chi connectivity index (χ1v) is 7.12. The van der Waals surface area contributed by atoms with Crippen LogP contribution in [0, 0.1) is 11.7 Å². The highest BCUT2D eigenvalue weighted by atomic mass is 19.1. The Balaban J connectivity index is 2.50. The van der Waals surface area contributed by atoms with Crippen LogP contribution >= 0.6 is 0 Å². The Morgan fingerprint density at radius 1 is 1.30 bits per heavy atom. The van der Waals surface area contributed by atoms with Crippen LogP contribution < -0.4 is 5.73 Å². The van der Waals surface area contributed by atoms with Crippen molar-refractivity contribution in [2.75, 3.05) is 0 Å². The molecule has 20 heavy (non-hydrogen) atoms. The Bertz CT molecular complexity index is 417. The van der Waals surface area contributed by atoms with E-state index in [9.17, 15) is 9.18 Å². The van der Waals surface area contributed by atoms with Gasteiger partial charge in [0.15, 0.2) is 0 Å². The van der Waals surface area contributed by atoms with Gasteiger partial charge >= 0.3 is 5.97 Å². The van der Waals surface area contributed by atoms with Crippen LogP contribution in [-0.2, 0) is 16.0 Å². The molecule has 2 unspecified atom stereocenters. The van der Waals surface area contributed by atoms with E-state index in [2.05, 4.69) is 6.92 Å². The van der Waals surface area contributed by atoms with Crippen LogP contribution in [0.1, 0.15) is 39.2 Å². The summed E-state index contributed by atoms with van der Waals surface area (Å²) >= 11 is 0. The molecular weight excluding hydrogens is 257 g/mol. The number of carbonyl (C=O) groups excluding carboxylic acids is 1. The lowest BCUT2D eigenvalue weighted by Crippen LogP contribution is -2.32. The molecular formula is C16H24FNO2. The quantitative estimate of drug-likeness (QED) is 0.781. The number of carbonyl (C=O) groups is 1. The van der Waals surface area contributed by atoms with Gasteiger partial charge in [-0.3, -0.25) is 4.79 Å². The van der Waals surface area contributed by atoms with Crippen molar-refractivity contribution >= 4 is 5.97 Å². The minimum absolute atomic E-state index is 0.154. The topological polar surface area (TPSA) is 52.3 Å². The third-order valence-corrected chi connectivity index (χ3v) is 3.37. The molecule has 0 amide bonds. The van der Waals surface area contributed by atoms with Gasteiger partial charge < -0.3 is 10.5 Å². The Hall–Kier alpha value is -1.42. The zero-order valence-corrected chi connectivity index (χ0v) is 12.4. The number of rotatable bonds is 7. The van der Waals surface area contributed by atoms with Gasteiger partial charge in [0.05, 0.1) is 6.10 Å². The fourth-order valence-corrected chi connectivity index (χ4v) is 2.17. The van der Waals surface area contributed by atoms with Crippen molar-refractivity contribution in [2.24, 2.45) is 11.7 Å². The summed E-state index contributed by atoms with van der Waals surface area (Å²) in [5.41, 5.74) is 6.58. The van der Waals surface area contributed by atoms with Crippen LogP contribution in [0.15, 0.2) is 24.3 Å². The average Bonchev–Trinajstić information content (AvgIpc) is 2.40. The second kappa shape index (κ2) is 8.00. The monoisotopic (exact) mass is 281 g/mol. The maximum atomic E-state index is 12.9. The van der Waals surface area contributed by atoms with E-state index >= 15 is 0 Å². The van der Waals surface area contributed by atoms with E-state index in [1.165, 1.54) is 12.1 Å². The van der Waals surface area contributed by atoms with Crippen molar-refractivity contribution in [2.45, 2.75) is 52.2 Å². The van der Waals surface area contributed by atoms with Gasteiger partial charge in [-0.15, -0.1) is 0 Å². The highest BCUT2D eigenvalue weighted by molar-refractivity contribution is 5.75. The Morgan fingerprint density at radius 3 is 2.40 bits per heavy atom. The summed E-state index contributed by atoms with van der Waals surface area (Å²) in [5.74, 6) is -0.188. The third-order valence-electron chi connectivity index (χ3n) is 3.37. The largest absolute Gasteiger partial charge is 0.462 e. The molecule has 0 heterocycles. The summed E-state index contributed by atoms with van der Waals surface area (Å²) in [5, 5.41) is 0. The lowest BCUT2D eigenvalue weighted by Gasteiger charge is -2.21. The smallest absolute Gasteiger partial charge is 0.322 e. The van der Waals surface area contributed by atoms with E-state index in [1.54, 1.807) is 19.1 Å². The molecule has 112 valence electrons. The summed E-state index contributed by atoms with van der Waals surface area (Å²) in [6.45, 7) is 5.60. The van der Waals surface area contributed by atoms with Crippen LogP contribution in [0.2, 0.25) is 0 Å². The van der Waals surface area contributed by atoms with E-state index < -0.39 is 6.04 Å². The van der Waals surface area contributed by atoms with Crippen LogP contribution in [0.5, 0.6) is 0 Å². The number of hydrogen-bond acceptors (Lipinski definition) is 3. The van der Waals surface area contributed by atoms with Gasteiger partial charge in [-0.05, 0) is 50.3 Å². The van der Waals surface area contributed by atoms with Crippen LogP contribution in [0.25, 0.3) is 0 Å². The fraction of sp³-hybridized carbons (Fsp3) is 0.562. The number of halogens is 1. The lowest BCUT2D eigenvalue weighted by atomic mass is 9.92. The molecule has 3 nitrogen and oxygen atoms in total. The second-order valence-corrected chi connectivity index (χ2v) is 5.38. The van der Waals surface area contributed by atoms with Crippen molar-refractivity contribution in [3.63, 3.8) is 0 Å². The van der Waals surface area contributed by atoms with Gasteiger partial charge in [-0.25, -0.2) is 4.39 Å². The first-order chi connectivity index (χ1) is 9.42. The summed E-state index contributed by atoms with van der Waals surface area (Å²) in [7, 11) is 0. The minimum atomic E-state index is -0.588. The molecule has 0 saturated heterocycles. The lowest BCUT2D eigenvalue weighted by molar-refractivity contribution is -0.150. The van der Waals surface area contributed by atoms with E-state index in [4.69, 9.17) is 10.5 Å². The molecule has 2 N–H and O–H groups in total. The molecule has 0 spiro atoms. The zero-order chi connectivity index (χ0) is 15.1. The molecule has 0 radical (unpaired) electrons. The summed E-state index contributed by atoms with van der Waals surface area (Å²) in [6, 6.07) is 5.96. The average molecular weight is 281 g/mol. The van der Waals surface area contributed by atoms with E-state index in [1.807, 2.05) is 6.92 Å². The van der Waals surface area contributed by atoms with E-state index in [-0.39, 0.29) is 17.9 Å². The maximum absolute atomic E-state index is 12.9. The molecule has 0 aliphatic rings. The van der Waals surface area contributed by atoms with Gasteiger partial charge in [-0.2, -0.15) is 0 Å². The standard InChI is InChI=1S/C16H24FNO2/c1-4-13(9-11(2)20-16(19)12(3)18)10-14-5-7-15(17)8-6-14/h5-8,11-13H,4,9-10,18H2,1-3H3/t11?,12-,13?/m0/s1. The van der Waals surface area contributed by atoms with Crippen LogP contribution in [-0.4, -0.2) is 18.1 Å². The predicted octanol–water partition coefficient (Wildman–Crippen LogP) is 3.06. The molecule has 1 aromatic carbocycles. The van der Waals surface area contributed by atoms with Crippen molar-refractivity contribution in [3.8, 4) is 0 Å². The molecule has 0 bridgehead atoms. The molecule has 0 fully saturated rings. The van der Waals surface area contributed by atoms with E-state index in [0.717, 1.165) is 24.8 Å².